The van der Waals surface area contributed by atoms with Crippen LogP contribution in [0.15, 0.2) is 54.9 Å². The third-order valence-electron chi connectivity index (χ3n) is 5.52. The summed E-state index contributed by atoms with van der Waals surface area (Å²) in [6.45, 7) is 3.47. The summed E-state index contributed by atoms with van der Waals surface area (Å²) in [4.78, 5) is 24.7. The number of benzene rings is 2. The number of nitrogens with zero attached hydrogens (tertiary/aromatic N) is 3. The molecule has 1 aliphatic heterocycles. The molecule has 0 saturated heterocycles. The molecule has 0 saturated carbocycles. The summed E-state index contributed by atoms with van der Waals surface area (Å²) in [6.07, 6.45) is 3.59. The van der Waals surface area contributed by atoms with Crippen molar-refractivity contribution in [1.82, 2.24) is 25.1 Å². The second kappa shape index (κ2) is 6.95. The molecule has 0 aliphatic carbocycles. The summed E-state index contributed by atoms with van der Waals surface area (Å²) in [7, 11) is 0. The van der Waals surface area contributed by atoms with Gasteiger partial charge in [0.1, 0.15) is 17.2 Å². The molecule has 1 aliphatic rings. The molecule has 0 bridgehead atoms. The Bertz CT molecular complexity index is 1530. The highest BCUT2D eigenvalue weighted by Crippen LogP contribution is 2.36. The first-order valence-electron chi connectivity index (χ1n) is 10.4. The fourth-order valence-corrected chi connectivity index (χ4v) is 3.76. The zero-order valence-corrected chi connectivity index (χ0v) is 17.9. The number of hydrogen-bond donors (Lipinski definition) is 5. The van der Waals surface area contributed by atoms with Crippen LogP contribution in [-0.4, -0.2) is 36.7 Å². The van der Waals surface area contributed by atoms with E-state index in [1.165, 1.54) is 0 Å². The number of ether oxygens (including phenoxy) is 1. The molecule has 3 aromatic heterocycles. The maximum Gasteiger partial charge on any atom is 0.268 e. The van der Waals surface area contributed by atoms with Gasteiger partial charge >= 0.3 is 0 Å². The van der Waals surface area contributed by atoms with Crippen molar-refractivity contribution in [3.05, 3.63) is 54.9 Å². The standard InChI is InChI=1S/C23H20N8O2/c1-23(2)21(32)28-17-10-13(5-6-18(17)33-23)26-20-15-7-8-24-19(15)29-22(30-20)27-14-4-3-12-11-25-31-16(12)9-14/h3-11H,1-2H3,(H,25,31)(H,28,32)(H3,24,26,27,29,30). The average Bonchev–Trinajstić information content (AvgIpc) is 3.44. The van der Waals surface area contributed by atoms with Gasteiger partial charge in [-0.25, -0.2) is 0 Å². The Labute approximate surface area is 187 Å². The van der Waals surface area contributed by atoms with E-state index in [1.54, 1.807) is 20.0 Å². The van der Waals surface area contributed by atoms with Crippen LogP contribution in [0.2, 0.25) is 0 Å². The van der Waals surface area contributed by atoms with Gasteiger partial charge in [-0.1, -0.05) is 0 Å². The fourth-order valence-electron chi connectivity index (χ4n) is 3.76. The molecule has 33 heavy (non-hydrogen) atoms. The van der Waals surface area contributed by atoms with Crippen LogP contribution in [0.3, 0.4) is 0 Å². The number of anilines is 5. The summed E-state index contributed by atoms with van der Waals surface area (Å²) >= 11 is 0. The fraction of sp³-hybridized carbons (Fsp3) is 0.130. The molecule has 0 radical (unpaired) electrons. The normalized spacial score (nSPS) is 14.5. The van der Waals surface area contributed by atoms with Crippen LogP contribution in [0, 0.1) is 0 Å². The van der Waals surface area contributed by atoms with Gasteiger partial charge in [-0.05, 0) is 56.3 Å². The minimum absolute atomic E-state index is 0.192. The van der Waals surface area contributed by atoms with Gasteiger partial charge in [0.05, 0.1) is 22.8 Å². The molecule has 0 fully saturated rings. The summed E-state index contributed by atoms with van der Waals surface area (Å²) in [5, 5.41) is 18.4. The molecular formula is C23H20N8O2. The third-order valence-corrected chi connectivity index (χ3v) is 5.52. The van der Waals surface area contributed by atoms with Crippen LogP contribution in [0.1, 0.15) is 13.8 Å². The monoisotopic (exact) mass is 440 g/mol. The number of nitrogens with one attached hydrogen (secondary N) is 5. The lowest BCUT2D eigenvalue weighted by atomic mass is 10.1. The zero-order valence-electron chi connectivity index (χ0n) is 17.9. The van der Waals surface area contributed by atoms with Gasteiger partial charge in [0.25, 0.3) is 5.91 Å². The molecular weight excluding hydrogens is 420 g/mol. The summed E-state index contributed by atoms with van der Waals surface area (Å²) in [6, 6.07) is 13.3. The number of carbonyl (C=O) groups excluding carboxylic acids is 1. The molecule has 4 heterocycles. The Morgan fingerprint density at radius 2 is 1.85 bits per heavy atom. The van der Waals surface area contributed by atoms with Gasteiger partial charge in [-0.3, -0.25) is 9.89 Å². The summed E-state index contributed by atoms with van der Waals surface area (Å²) in [5.41, 5.74) is 2.89. The van der Waals surface area contributed by atoms with Crippen LogP contribution in [0.4, 0.5) is 28.8 Å². The van der Waals surface area contributed by atoms with E-state index in [9.17, 15) is 4.79 Å². The smallest absolute Gasteiger partial charge is 0.268 e. The number of aromatic amines is 2. The molecule has 2 aromatic carbocycles. The molecule has 10 heteroatoms. The molecule has 6 rings (SSSR count). The highest BCUT2D eigenvalue weighted by molar-refractivity contribution is 6.01. The van der Waals surface area contributed by atoms with Crippen molar-refractivity contribution < 1.29 is 9.53 Å². The lowest BCUT2D eigenvalue weighted by Crippen LogP contribution is -2.45. The first kappa shape index (κ1) is 19.1. The van der Waals surface area contributed by atoms with E-state index < -0.39 is 5.60 Å². The lowest BCUT2D eigenvalue weighted by Gasteiger charge is -2.31. The van der Waals surface area contributed by atoms with Crippen molar-refractivity contribution in [2.75, 3.05) is 16.0 Å². The van der Waals surface area contributed by atoms with Crippen LogP contribution in [0.25, 0.3) is 21.9 Å². The summed E-state index contributed by atoms with van der Waals surface area (Å²) < 4.78 is 5.82. The van der Waals surface area contributed by atoms with Gasteiger partial charge in [0.15, 0.2) is 5.60 Å². The number of H-pyrrole nitrogens is 2. The quantitative estimate of drug-likeness (QED) is 0.279. The first-order valence-corrected chi connectivity index (χ1v) is 10.4. The largest absolute Gasteiger partial charge is 0.476 e. The number of rotatable bonds is 4. The number of fused-ring (bicyclic) bond motifs is 3. The van der Waals surface area contributed by atoms with Gasteiger partial charge < -0.3 is 25.7 Å². The first-order chi connectivity index (χ1) is 15.9. The van der Waals surface area contributed by atoms with Gasteiger partial charge in [-0.2, -0.15) is 15.1 Å². The number of hydrogen-bond acceptors (Lipinski definition) is 7. The molecule has 0 atom stereocenters. The van der Waals surface area contributed by atoms with Crippen LogP contribution >= 0.6 is 0 Å². The molecule has 5 N–H and O–H groups in total. The van der Waals surface area contributed by atoms with Crippen molar-refractivity contribution in [3.63, 3.8) is 0 Å². The molecule has 164 valence electrons. The van der Waals surface area contributed by atoms with E-state index >= 15 is 0 Å². The van der Waals surface area contributed by atoms with Crippen LogP contribution < -0.4 is 20.7 Å². The molecule has 10 nitrogen and oxygen atoms in total. The van der Waals surface area contributed by atoms with Crippen molar-refractivity contribution in [3.8, 4) is 5.75 Å². The van der Waals surface area contributed by atoms with E-state index in [-0.39, 0.29) is 5.91 Å². The SMILES string of the molecule is CC1(C)Oc2ccc(Nc3nc(Nc4ccc5cn[nH]c5c4)nc4[nH]ccc34)cc2NC1=O. The Morgan fingerprint density at radius 3 is 2.76 bits per heavy atom. The average molecular weight is 440 g/mol. The molecule has 1 amide bonds. The number of carbonyl (C=O) groups is 1. The Hall–Kier alpha value is -4.60. The number of amides is 1. The van der Waals surface area contributed by atoms with E-state index in [2.05, 4.69) is 41.1 Å². The predicted molar refractivity (Wildman–Crippen MR) is 126 cm³/mol. The minimum atomic E-state index is -0.911. The molecule has 0 unspecified atom stereocenters. The highest BCUT2D eigenvalue weighted by atomic mass is 16.5. The van der Waals surface area contributed by atoms with Gasteiger partial charge in [-0.15, -0.1) is 0 Å². The number of aromatic nitrogens is 5. The van der Waals surface area contributed by atoms with E-state index in [4.69, 9.17) is 4.74 Å². The van der Waals surface area contributed by atoms with Gasteiger partial charge in [0, 0.05) is 23.0 Å². The van der Waals surface area contributed by atoms with Crippen molar-refractivity contribution in [2.45, 2.75) is 19.4 Å². The maximum absolute atomic E-state index is 12.3. The minimum Gasteiger partial charge on any atom is -0.476 e. The Balaban J connectivity index is 1.33. The van der Waals surface area contributed by atoms with E-state index in [0.29, 0.717) is 28.9 Å². The van der Waals surface area contributed by atoms with Crippen LogP contribution in [0.5, 0.6) is 5.75 Å². The van der Waals surface area contributed by atoms with E-state index in [1.807, 2.05) is 48.7 Å². The summed E-state index contributed by atoms with van der Waals surface area (Å²) in [5.74, 6) is 1.48. The molecule has 5 aromatic rings. The predicted octanol–water partition coefficient (Wildman–Crippen LogP) is 4.43. The molecule has 0 spiro atoms. The zero-order chi connectivity index (χ0) is 22.6. The van der Waals surface area contributed by atoms with Crippen LogP contribution in [-0.2, 0) is 4.79 Å². The second-order valence-electron chi connectivity index (χ2n) is 8.34. The van der Waals surface area contributed by atoms with Gasteiger partial charge in [0.2, 0.25) is 5.95 Å². The topological polar surface area (TPSA) is 133 Å². The van der Waals surface area contributed by atoms with Crippen molar-refractivity contribution >= 4 is 56.7 Å². The van der Waals surface area contributed by atoms with Crippen molar-refractivity contribution in [1.29, 1.82) is 0 Å². The lowest BCUT2D eigenvalue weighted by molar-refractivity contribution is -0.129. The highest BCUT2D eigenvalue weighted by Gasteiger charge is 2.35. The Kier molecular flexibility index (Phi) is 4.03. The van der Waals surface area contributed by atoms with Crippen molar-refractivity contribution in [2.24, 2.45) is 0 Å². The van der Waals surface area contributed by atoms with E-state index in [0.717, 1.165) is 27.7 Å². The Morgan fingerprint density at radius 1 is 1.00 bits per heavy atom. The second-order valence-corrected chi connectivity index (χ2v) is 8.34. The third kappa shape index (κ3) is 3.37. The maximum atomic E-state index is 12.3.